The van der Waals surface area contributed by atoms with Gasteiger partial charge in [0, 0.05) is 19.1 Å². The highest BCUT2D eigenvalue weighted by Gasteiger charge is 2.20. The number of hydrogen-bond acceptors (Lipinski definition) is 7. The van der Waals surface area contributed by atoms with E-state index in [2.05, 4.69) is 20.3 Å². The Kier molecular flexibility index (Phi) is 5.32. The first-order valence-electron chi connectivity index (χ1n) is 10.6. The van der Waals surface area contributed by atoms with E-state index in [-0.39, 0.29) is 11.9 Å². The Morgan fingerprint density at radius 1 is 1.16 bits per heavy atom. The lowest BCUT2D eigenvalue weighted by Gasteiger charge is -2.28. The number of furan rings is 1. The Morgan fingerprint density at radius 2 is 2.00 bits per heavy atom. The van der Waals surface area contributed by atoms with Gasteiger partial charge in [-0.05, 0) is 44.2 Å². The van der Waals surface area contributed by atoms with Crippen LogP contribution >= 0.6 is 0 Å². The molecule has 0 saturated carbocycles. The van der Waals surface area contributed by atoms with E-state index in [1.807, 2.05) is 32.0 Å². The fourth-order valence-corrected chi connectivity index (χ4v) is 3.79. The molecule has 1 aliphatic rings. The summed E-state index contributed by atoms with van der Waals surface area (Å²) in [6, 6.07) is 9.20. The summed E-state index contributed by atoms with van der Waals surface area (Å²) in [6.45, 7) is 7.12. The van der Waals surface area contributed by atoms with E-state index in [9.17, 15) is 4.79 Å². The predicted molar refractivity (Wildman–Crippen MR) is 121 cm³/mol. The minimum Gasteiger partial charge on any atom is -0.463 e. The number of carbonyl (C=O) groups excluding carboxylic acids is 1. The van der Waals surface area contributed by atoms with Crippen LogP contribution < -0.4 is 10.2 Å². The zero-order valence-corrected chi connectivity index (χ0v) is 18.0. The van der Waals surface area contributed by atoms with E-state index < -0.39 is 0 Å². The van der Waals surface area contributed by atoms with Gasteiger partial charge in [0.2, 0.25) is 0 Å². The maximum absolute atomic E-state index is 13.2. The molecular weight excluding hydrogens is 408 g/mol. The highest BCUT2D eigenvalue weighted by Crippen LogP contribution is 2.27. The van der Waals surface area contributed by atoms with Crippen LogP contribution in [0.1, 0.15) is 30.2 Å². The van der Waals surface area contributed by atoms with Crippen LogP contribution in [0.3, 0.4) is 0 Å². The second-order valence-electron chi connectivity index (χ2n) is 7.91. The summed E-state index contributed by atoms with van der Waals surface area (Å²) < 4.78 is 12.7. The number of rotatable bonds is 5. The number of morpholine rings is 1. The Balaban J connectivity index is 1.46. The molecule has 32 heavy (non-hydrogen) atoms. The van der Waals surface area contributed by atoms with Crippen molar-refractivity contribution in [3.05, 3.63) is 54.6 Å². The summed E-state index contributed by atoms with van der Waals surface area (Å²) in [4.78, 5) is 24.6. The quantitative estimate of drug-likeness (QED) is 0.513. The Bertz CT molecular complexity index is 1220. The molecule has 0 aromatic carbocycles. The molecule has 1 N–H and O–H groups in total. The molecule has 5 rings (SSSR count). The monoisotopic (exact) mass is 432 g/mol. The van der Waals surface area contributed by atoms with Gasteiger partial charge in [-0.15, -0.1) is 0 Å². The number of carbonyl (C=O) groups is 1. The van der Waals surface area contributed by atoms with Gasteiger partial charge in [-0.25, -0.2) is 14.6 Å². The first kappa shape index (κ1) is 20.2. The zero-order valence-electron chi connectivity index (χ0n) is 18.0. The van der Waals surface area contributed by atoms with Crippen LogP contribution in [-0.2, 0) is 4.74 Å². The minimum atomic E-state index is -0.278. The molecule has 0 unspecified atom stereocenters. The maximum atomic E-state index is 13.2. The minimum absolute atomic E-state index is 0.0946. The van der Waals surface area contributed by atoms with Crippen molar-refractivity contribution >= 4 is 28.4 Å². The van der Waals surface area contributed by atoms with Crippen molar-refractivity contribution in [3.63, 3.8) is 0 Å². The fraction of sp³-hybridized carbons (Fsp3) is 0.304. The number of nitrogens with one attached hydrogen (secondary N) is 1. The summed E-state index contributed by atoms with van der Waals surface area (Å²) in [5.41, 5.74) is 2.68. The van der Waals surface area contributed by atoms with Crippen LogP contribution in [0, 0.1) is 0 Å². The van der Waals surface area contributed by atoms with Gasteiger partial charge in [0.1, 0.15) is 11.5 Å². The summed E-state index contributed by atoms with van der Waals surface area (Å²) in [6.07, 6.45) is 5.03. The standard InChI is InChI=1S/C23H24N6O3/c1-15(2)29-22-18(14-25-29)17(12-19(26-22)20-4-3-9-32-20)23(30)27-21-6-5-16(13-24-21)28-7-10-31-11-8-28/h3-6,9,12-15H,7-8,10-11H2,1-2H3,(H,24,27,30). The lowest BCUT2D eigenvalue weighted by Crippen LogP contribution is -2.36. The van der Waals surface area contributed by atoms with Crippen LogP contribution in [0.4, 0.5) is 11.5 Å². The van der Waals surface area contributed by atoms with Gasteiger partial charge < -0.3 is 19.4 Å². The van der Waals surface area contributed by atoms with Crippen molar-refractivity contribution in [1.29, 1.82) is 0 Å². The van der Waals surface area contributed by atoms with E-state index in [4.69, 9.17) is 14.1 Å². The molecule has 1 fully saturated rings. The first-order chi connectivity index (χ1) is 15.6. The normalized spacial score (nSPS) is 14.3. The van der Waals surface area contributed by atoms with Gasteiger partial charge in [0.05, 0.1) is 48.5 Å². The number of hydrogen-bond donors (Lipinski definition) is 1. The molecule has 0 bridgehead atoms. The Labute approximate surface area is 185 Å². The third kappa shape index (κ3) is 3.82. The summed E-state index contributed by atoms with van der Waals surface area (Å²) in [7, 11) is 0. The van der Waals surface area contributed by atoms with Crippen LogP contribution in [0.2, 0.25) is 0 Å². The summed E-state index contributed by atoms with van der Waals surface area (Å²) in [5, 5.41) is 8.02. The molecule has 0 atom stereocenters. The van der Waals surface area contributed by atoms with E-state index in [0.717, 1.165) is 18.8 Å². The van der Waals surface area contributed by atoms with Gasteiger partial charge in [-0.1, -0.05) is 0 Å². The van der Waals surface area contributed by atoms with Crippen LogP contribution in [0.5, 0.6) is 0 Å². The molecule has 1 amide bonds. The van der Waals surface area contributed by atoms with Crippen molar-refractivity contribution in [2.24, 2.45) is 0 Å². The topological polar surface area (TPSA) is 98.3 Å². The van der Waals surface area contributed by atoms with Gasteiger partial charge in [-0.3, -0.25) is 4.79 Å². The number of nitrogens with zero attached hydrogens (tertiary/aromatic N) is 5. The van der Waals surface area contributed by atoms with E-state index in [1.54, 1.807) is 35.5 Å². The highest BCUT2D eigenvalue weighted by molar-refractivity contribution is 6.12. The van der Waals surface area contributed by atoms with Crippen LogP contribution in [0.25, 0.3) is 22.5 Å². The highest BCUT2D eigenvalue weighted by atomic mass is 16.5. The van der Waals surface area contributed by atoms with E-state index in [1.165, 1.54) is 0 Å². The van der Waals surface area contributed by atoms with Gasteiger partial charge in [0.25, 0.3) is 5.91 Å². The van der Waals surface area contributed by atoms with Crippen molar-refractivity contribution in [1.82, 2.24) is 19.7 Å². The third-order valence-electron chi connectivity index (χ3n) is 5.44. The van der Waals surface area contributed by atoms with Crippen LogP contribution in [0.15, 0.2) is 53.4 Å². The second-order valence-corrected chi connectivity index (χ2v) is 7.91. The molecule has 9 nitrogen and oxygen atoms in total. The lowest BCUT2D eigenvalue weighted by atomic mass is 10.1. The molecule has 1 saturated heterocycles. The van der Waals surface area contributed by atoms with Gasteiger partial charge in [-0.2, -0.15) is 5.10 Å². The first-order valence-corrected chi connectivity index (χ1v) is 10.6. The molecule has 9 heteroatoms. The number of pyridine rings is 2. The molecular formula is C23H24N6O3. The van der Waals surface area contributed by atoms with Crippen molar-refractivity contribution in [3.8, 4) is 11.5 Å². The summed E-state index contributed by atoms with van der Waals surface area (Å²) >= 11 is 0. The molecule has 1 aliphatic heterocycles. The maximum Gasteiger partial charge on any atom is 0.257 e. The average molecular weight is 432 g/mol. The number of fused-ring (bicyclic) bond motifs is 1. The molecule has 0 aliphatic carbocycles. The summed E-state index contributed by atoms with van der Waals surface area (Å²) in [5.74, 6) is 0.790. The number of anilines is 2. The smallest absolute Gasteiger partial charge is 0.257 e. The average Bonchev–Trinajstić information content (AvgIpc) is 3.50. The Morgan fingerprint density at radius 3 is 2.69 bits per heavy atom. The second kappa shape index (κ2) is 8.43. The van der Waals surface area contributed by atoms with Gasteiger partial charge >= 0.3 is 0 Å². The number of aromatic nitrogens is 4. The lowest BCUT2D eigenvalue weighted by molar-refractivity contribution is 0.102. The van der Waals surface area contributed by atoms with Crippen molar-refractivity contribution < 1.29 is 13.9 Å². The van der Waals surface area contributed by atoms with Gasteiger partial charge in [0.15, 0.2) is 11.4 Å². The van der Waals surface area contributed by atoms with Crippen molar-refractivity contribution in [2.75, 3.05) is 36.5 Å². The molecule has 5 heterocycles. The fourth-order valence-electron chi connectivity index (χ4n) is 3.79. The number of amides is 1. The molecule has 0 spiro atoms. The molecule has 164 valence electrons. The molecule has 4 aromatic heterocycles. The SMILES string of the molecule is CC(C)n1ncc2c(C(=O)Nc3ccc(N4CCOCC4)cn3)cc(-c3ccco3)nc21. The predicted octanol–water partition coefficient (Wildman–Crippen LogP) is 3.76. The van der Waals surface area contributed by atoms with Crippen LogP contribution in [-0.4, -0.2) is 52.0 Å². The molecule has 0 radical (unpaired) electrons. The van der Waals surface area contributed by atoms with Crippen molar-refractivity contribution in [2.45, 2.75) is 19.9 Å². The van der Waals surface area contributed by atoms with E-state index in [0.29, 0.717) is 47.1 Å². The molecule has 4 aromatic rings. The number of ether oxygens (including phenoxy) is 1. The third-order valence-corrected chi connectivity index (χ3v) is 5.44. The zero-order chi connectivity index (χ0) is 22.1. The largest absolute Gasteiger partial charge is 0.463 e. The van der Waals surface area contributed by atoms with E-state index >= 15 is 0 Å². The Hall–Kier alpha value is -3.72.